The van der Waals surface area contributed by atoms with Gasteiger partial charge in [-0.25, -0.2) is 0 Å². The second-order valence-corrected chi connectivity index (χ2v) is 4.66. The Morgan fingerprint density at radius 2 is 1.67 bits per heavy atom. The Balaban J connectivity index is 2.35. The lowest BCUT2D eigenvalue weighted by Crippen LogP contribution is -2.28. The first-order valence-electron chi connectivity index (χ1n) is 6.47. The highest BCUT2D eigenvalue weighted by Crippen LogP contribution is 2.50. The van der Waals surface area contributed by atoms with Crippen LogP contribution in [0.25, 0.3) is 11.1 Å². The number of ether oxygens (including phenoxy) is 3. The number of nitrogens with two attached hydrogens (primary N) is 1. The van der Waals surface area contributed by atoms with Crippen molar-refractivity contribution in [1.82, 2.24) is 0 Å². The number of amides is 1. The zero-order valence-corrected chi connectivity index (χ0v) is 11.8. The van der Waals surface area contributed by atoms with Gasteiger partial charge in [-0.2, -0.15) is 0 Å². The zero-order valence-electron chi connectivity index (χ0n) is 11.8. The molecule has 0 spiro atoms. The first-order chi connectivity index (χ1) is 10.2. The highest BCUT2D eigenvalue weighted by atomic mass is 16.5. The molecule has 5 nitrogen and oxygen atoms in total. The zero-order chi connectivity index (χ0) is 15.0. The molecule has 3 rings (SSSR count). The SMILES string of the molecule is COc1cccc2c1-c1c(OC)cccc1C(C(N)=O)O2. The summed E-state index contributed by atoms with van der Waals surface area (Å²) in [5.74, 6) is 1.31. The average molecular weight is 285 g/mol. The maximum Gasteiger partial charge on any atom is 0.263 e. The predicted octanol–water partition coefficient (Wildman–Crippen LogP) is 2.29. The van der Waals surface area contributed by atoms with E-state index >= 15 is 0 Å². The Bertz CT molecular complexity index is 711. The van der Waals surface area contributed by atoms with E-state index in [4.69, 9.17) is 19.9 Å². The molecule has 1 unspecified atom stereocenters. The van der Waals surface area contributed by atoms with Crippen molar-refractivity contribution in [2.45, 2.75) is 6.10 Å². The van der Waals surface area contributed by atoms with Gasteiger partial charge in [0.1, 0.15) is 17.2 Å². The van der Waals surface area contributed by atoms with Crippen molar-refractivity contribution >= 4 is 5.91 Å². The van der Waals surface area contributed by atoms with Gasteiger partial charge in [-0.05, 0) is 18.2 Å². The molecule has 0 aliphatic carbocycles. The van der Waals surface area contributed by atoms with Crippen LogP contribution in [0.4, 0.5) is 0 Å². The number of carbonyl (C=O) groups excluding carboxylic acids is 1. The van der Waals surface area contributed by atoms with Gasteiger partial charge in [-0.3, -0.25) is 4.79 Å². The first kappa shape index (κ1) is 13.3. The van der Waals surface area contributed by atoms with Crippen molar-refractivity contribution < 1.29 is 19.0 Å². The number of benzene rings is 2. The fourth-order valence-electron chi connectivity index (χ4n) is 2.63. The van der Waals surface area contributed by atoms with Crippen LogP contribution in [0, 0.1) is 0 Å². The number of primary amides is 1. The van der Waals surface area contributed by atoms with Gasteiger partial charge in [0.05, 0.1) is 19.8 Å². The van der Waals surface area contributed by atoms with Crippen LogP contribution in [0.2, 0.25) is 0 Å². The molecule has 1 amide bonds. The predicted molar refractivity (Wildman–Crippen MR) is 77.5 cm³/mol. The molecule has 2 N–H and O–H groups in total. The van der Waals surface area contributed by atoms with Crippen molar-refractivity contribution in [2.24, 2.45) is 5.73 Å². The van der Waals surface area contributed by atoms with E-state index in [0.29, 0.717) is 22.8 Å². The van der Waals surface area contributed by atoms with E-state index in [1.54, 1.807) is 32.4 Å². The van der Waals surface area contributed by atoms with Gasteiger partial charge in [0.25, 0.3) is 5.91 Å². The molecule has 1 heterocycles. The molecule has 0 bridgehead atoms. The number of carbonyl (C=O) groups is 1. The van der Waals surface area contributed by atoms with E-state index < -0.39 is 12.0 Å². The fraction of sp³-hybridized carbons (Fsp3) is 0.188. The third kappa shape index (κ3) is 1.98. The molecule has 108 valence electrons. The maximum absolute atomic E-state index is 11.7. The minimum atomic E-state index is -0.838. The third-order valence-corrected chi connectivity index (χ3v) is 3.52. The summed E-state index contributed by atoms with van der Waals surface area (Å²) in [5, 5.41) is 0. The third-order valence-electron chi connectivity index (χ3n) is 3.52. The number of hydrogen-bond donors (Lipinski definition) is 1. The standard InChI is InChI=1S/C16H15NO4/c1-19-10-6-3-5-9-13(10)14-11(20-2)7-4-8-12(14)21-15(9)16(17)18/h3-8,15H,1-2H3,(H2,17,18). The lowest BCUT2D eigenvalue weighted by molar-refractivity contribution is -0.125. The number of rotatable bonds is 3. The van der Waals surface area contributed by atoms with E-state index in [2.05, 4.69) is 0 Å². The molecule has 0 saturated carbocycles. The Hall–Kier alpha value is -2.69. The molecule has 0 fully saturated rings. The smallest absolute Gasteiger partial charge is 0.263 e. The van der Waals surface area contributed by atoms with Crippen molar-refractivity contribution in [3.63, 3.8) is 0 Å². The number of hydrogen-bond acceptors (Lipinski definition) is 4. The van der Waals surface area contributed by atoms with Crippen LogP contribution in [0.3, 0.4) is 0 Å². The van der Waals surface area contributed by atoms with Crippen LogP contribution in [-0.4, -0.2) is 20.1 Å². The minimum Gasteiger partial charge on any atom is -0.496 e. The molecule has 2 aromatic carbocycles. The van der Waals surface area contributed by atoms with Gasteiger partial charge >= 0.3 is 0 Å². The molecular formula is C16H15NO4. The lowest BCUT2D eigenvalue weighted by Gasteiger charge is -2.29. The van der Waals surface area contributed by atoms with E-state index in [9.17, 15) is 4.79 Å². The molecule has 21 heavy (non-hydrogen) atoms. The largest absolute Gasteiger partial charge is 0.496 e. The summed E-state index contributed by atoms with van der Waals surface area (Å²) >= 11 is 0. The van der Waals surface area contributed by atoms with Crippen molar-refractivity contribution in [2.75, 3.05) is 14.2 Å². The molecule has 1 aliphatic rings. The molecule has 2 aromatic rings. The van der Waals surface area contributed by atoms with Crippen molar-refractivity contribution in [3.8, 4) is 28.4 Å². The quantitative estimate of drug-likeness (QED) is 0.939. The van der Waals surface area contributed by atoms with E-state index in [1.165, 1.54) is 0 Å². The highest BCUT2D eigenvalue weighted by molar-refractivity contribution is 5.91. The fourth-order valence-corrected chi connectivity index (χ4v) is 2.63. The maximum atomic E-state index is 11.7. The summed E-state index contributed by atoms with van der Waals surface area (Å²) in [5.41, 5.74) is 7.69. The van der Waals surface area contributed by atoms with Crippen molar-refractivity contribution in [1.29, 1.82) is 0 Å². The van der Waals surface area contributed by atoms with Crippen LogP contribution < -0.4 is 19.9 Å². The van der Waals surface area contributed by atoms with Gasteiger partial charge in [-0.1, -0.05) is 18.2 Å². The second-order valence-electron chi connectivity index (χ2n) is 4.66. The molecule has 1 atom stereocenters. The summed E-state index contributed by atoms with van der Waals surface area (Å²) < 4.78 is 16.6. The molecule has 0 saturated heterocycles. The Kier molecular flexibility index (Phi) is 3.17. The Morgan fingerprint density at radius 3 is 2.29 bits per heavy atom. The minimum absolute atomic E-state index is 0.544. The van der Waals surface area contributed by atoms with Gasteiger partial charge in [-0.15, -0.1) is 0 Å². The normalized spacial score (nSPS) is 15.4. The van der Waals surface area contributed by atoms with Gasteiger partial charge in [0, 0.05) is 11.1 Å². The summed E-state index contributed by atoms with van der Waals surface area (Å²) in [6.45, 7) is 0. The average Bonchev–Trinajstić information content (AvgIpc) is 2.52. The first-order valence-corrected chi connectivity index (χ1v) is 6.47. The molecule has 1 aliphatic heterocycles. The van der Waals surface area contributed by atoms with Gasteiger partial charge in [0.15, 0.2) is 0 Å². The summed E-state index contributed by atoms with van der Waals surface area (Å²) in [7, 11) is 3.17. The van der Waals surface area contributed by atoms with Gasteiger partial charge in [0.2, 0.25) is 6.10 Å². The summed E-state index contributed by atoms with van der Waals surface area (Å²) in [4.78, 5) is 11.7. The van der Waals surface area contributed by atoms with E-state index in [0.717, 1.165) is 11.1 Å². The molecule has 0 aromatic heterocycles. The molecule has 5 heteroatoms. The Morgan fingerprint density at radius 1 is 1.05 bits per heavy atom. The van der Waals surface area contributed by atoms with Gasteiger partial charge < -0.3 is 19.9 Å². The van der Waals surface area contributed by atoms with Crippen LogP contribution in [-0.2, 0) is 4.79 Å². The number of fused-ring (bicyclic) bond motifs is 3. The molecular weight excluding hydrogens is 270 g/mol. The van der Waals surface area contributed by atoms with Crippen LogP contribution in [0.15, 0.2) is 36.4 Å². The van der Waals surface area contributed by atoms with E-state index in [1.807, 2.05) is 18.2 Å². The summed E-state index contributed by atoms with van der Waals surface area (Å²) in [6, 6.07) is 10.9. The Labute approximate surface area is 122 Å². The van der Waals surface area contributed by atoms with Crippen molar-refractivity contribution in [3.05, 3.63) is 42.0 Å². The molecule has 0 radical (unpaired) electrons. The number of methoxy groups -OCH3 is 2. The van der Waals surface area contributed by atoms with Crippen LogP contribution >= 0.6 is 0 Å². The topological polar surface area (TPSA) is 70.8 Å². The van der Waals surface area contributed by atoms with Crippen LogP contribution in [0.1, 0.15) is 11.7 Å². The van der Waals surface area contributed by atoms with E-state index in [-0.39, 0.29) is 0 Å². The monoisotopic (exact) mass is 285 g/mol. The highest BCUT2D eigenvalue weighted by Gasteiger charge is 2.33. The lowest BCUT2D eigenvalue weighted by atomic mass is 9.91. The van der Waals surface area contributed by atoms with Crippen LogP contribution in [0.5, 0.6) is 17.2 Å². The second kappa shape index (κ2) is 5.01. The summed E-state index contributed by atoms with van der Waals surface area (Å²) in [6.07, 6.45) is -0.838.